The zero-order valence-electron chi connectivity index (χ0n) is 8.13. The Labute approximate surface area is 89.8 Å². The largest absolute Gasteiger partial charge is 0.293 e. The van der Waals surface area contributed by atoms with Gasteiger partial charge >= 0.3 is 0 Å². The van der Waals surface area contributed by atoms with Gasteiger partial charge in [0, 0.05) is 18.4 Å². The number of Topliss-reactive ketones (excluding diaryl/α,β-unsaturated/α-hetero) is 1. The topological polar surface area (TPSA) is 51.2 Å². The second-order valence-electron chi connectivity index (χ2n) is 3.24. The molecule has 0 unspecified atom stereocenters. The van der Waals surface area contributed by atoms with E-state index in [9.17, 15) is 26.4 Å². The fourth-order valence-corrected chi connectivity index (χ4v) is 1.74. The predicted molar refractivity (Wildman–Crippen MR) is 50.4 cm³/mol. The molecule has 0 radical (unpaired) electrons. The summed E-state index contributed by atoms with van der Waals surface area (Å²) in [4.78, 5) is 11.2. The van der Waals surface area contributed by atoms with Crippen molar-refractivity contribution >= 4 is 15.6 Å². The van der Waals surface area contributed by atoms with E-state index >= 15 is 0 Å². The van der Waals surface area contributed by atoms with E-state index in [2.05, 4.69) is 0 Å². The third kappa shape index (κ3) is 3.06. The first-order valence-electron chi connectivity index (χ1n) is 4.06. The van der Waals surface area contributed by atoms with Gasteiger partial charge in [0.15, 0.2) is 15.6 Å². The number of carbonyl (C=O) groups is 1. The average Bonchev–Trinajstić information content (AvgIpc) is 1.96. The van der Waals surface area contributed by atoms with Gasteiger partial charge in [-0.15, -0.1) is 0 Å². The standard InChI is InChI=1S/C9H7F3O3S/c1-16(14,15)4-8(13)9-6(11)2-5(10)3-7(9)12/h2-3H,4H2,1H3. The van der Waals surface area contributed by atoms with Crippen LogP contribution in [-0.2, 0) is 9.84 Å². The number of carbonyl (C=O) groups excluding carboxylic acids is 1. The van der Waals surface area contributed by atoms with Crippen LogP contribution in [0, 0.1) is 17.5 Å². The summed E-state index contributed by atoms with van der Waals surface area (Å²) in [5.74, 6) is -6.26. The molecule has 0 atom stereocenters. The number of ketones is 1. The van der Waals surface area contributed by atoms with Crippen molar-refractivity contribution in [2.24, 2.45) is 0 Å². The summed E-state index contributed by atoms with van der Waals surface area (Å²) < 4.78 is 60.1. The third-order valence-electron chi connectivity index (χ3n) is 1.68. The Hall–Kier alpha value is -1.37. The quantitative estimate of drug-likeness (QED) is 0.762. The van der Waals surface area contributed by atoms with Crippen molar-refractivity contribution in [1.82, 2.24) is 0 Å². The average molecular weight is 252 g/mol. The zero-order valence-corrected chi connectivity index (χ0v) is 8.95. The van der Waals surface area contributed by atoms with Crippen molar-refractivity contribution < 1.29 is 26.4 Å². The molecular formula is C9H7F3O3S. The highest BCUT2D eigenvalue weighted by Gasteiger charge is 2.22. The van der Waals surface area contributed by atoms with Crippen LogP contribution in [-0.4, -0.2) is 26.2 Å². The second-order valence-corrected chi connectivity index (χ2v) is 5.38. The molecule has 0 heterocycles. The molecule has 0 aliphatic heterocycles. The van der Waals surface area contributed by atoms with Crippen LogP contribution in [0.25, 0.3) is 0 Å². The fourth-order valence-electron chi connectivity index (χ4n) is 1.12. The highest BCUT2D eigenvalue weighted by atomic mass is 32.2. The minimum atomic E-state index is -3.69. The fraction of sp³-hybridized carbons (Fsp3) is 0.222. The zero-order chi connectivity index (χ0) is 12.5. The molecular weight excluding hydrogens is 245 g/mol. The van der Waals surface area contributed by atoms with Crippen molar-refractivity contribution in [2.45, 2.75) is 0 Å². The van der Waals surface area contributed by atoms with Crippen molar-refractivity contribution in [3.8, 4) is 0 Å². The number of hydrogen-bond acceptors (Lipinski definition) is 3. The summed E-state index contributed by atoms with van der Waals surface area (Å²) in [6.45, 7) is 0. The lowest BCUT2D eigenvalue weighted by Crippen LogP contribution is -2.17. The van der Waals surface area contributed by atoms with E-state index < -0.39 is 44.4 Å². The molecule has 0 spiro atoms. The summed E-state index contributed by atoms with van der Waals surface area (Å²) in [5, 5.41) is 0. The van der Waals surface area contributed by atoms with E-state index in [1.807, 2.05) is 0 Å². The van der Waals surface area contributed by atoms with Gasteiger partial charge in [0.2, 0.25) is 0 Å². The molecule has 3 nitrogen and oxygen atoms in total. The smallest absolute Gasteiger partial charge is 0.183 e. The molecule has 0 saturated heterocycles. The summed E-state index contributed by atoms with van der Waals surface area (Å²) >= 11 is 0. The molecule has 0 bridgehead atoms. The maximum Gasteiger partial charge on any atom is 0.183 e. The van der Waals surface area contributed by atoms with Crippen LogP contribution < -0.4 is 0 Å². The number of sulfone groups is 1. The molecule has 0 aliphatic rings. The molecule has 0 aromatic heterocycles. The van der Waals surface area contributed by atoms with Gasteiger partial charge in [-0.3, -0.25) is 4.79 Å². The number of hydrogen-bond donors (Lipinski definition) is 0. The van der Waals surface area contributed by atoms with Gasteiger partial charge in [-0.05, 0) is 0 Å². The lowest BCUT2D eigenvalue weighted by atomic mass is 10.1. The lowest BCUT2D eigenvalue weighted by Gasteiger charge is -2.03. The Balaban J connectivity index is 3.19. The molecule has 7 heteroatoms. The minimum absolute atomic E-state index is 0.318. The van der Waals surface area contributed by atoms with Crippen LogP contribution in [0.5, 0.6) is 0 Å². The molecule has 0 aliphatic carbocycles. The minimum Gasteiger partial charge on any atom is -0.293 e. The van der Waals surface area contributed by atoms with E-state index in [1.165, 1.54) is 0 Å². The number of halogens is 3. The maximum atomic E-state index is 13.0. The van der Waals surface area contributed by atoms with Gasteiger partial charge in [0.1, 0.15) is 23.2 Å². The summed E-state index contributed by atoms with van der Waals surface area (Å²) in [7, 11) is -3.69. The van der Waals surface area contributed by atoms with Gasteiger partial charge in [-0.1, -0.05) is 0 Å². The lowest BCUT2D eigenvalue weighted by molar-refractivity contribution is 0.101. The molecule has 0 fully saturated rings. The number of benzene rings is 1. The van der Waals surface area contributed by atoms with E-state index in [4.69, 9.17) is 0 Å². The first kappa shape index (κ1) is 12.7. The van der Waals surface area contributed by atoms with Crippen molar-refractivity contribution in [2.75, 3.05) is 12.0 Å². The molecule has 1 aromatic rings. The Morgan fingerprint density at radius 2 is 1.62 bits per heavy atom. The van der Waals surface area contributed by atoms with E-state index in [1.54, 1.807) is 0 Å². The van der Waals surface area contributed by atoms with Crippen LogP contribution in [0.15, 0.2) is 12.1 Å². The second kappa shape index (κ2) is 4.25. The van der Waals surface area contributed by atoms with Gasteiger partial charge in [-0.2, -0.15) is 0 Å². The Kier molecular flexibility index (Phi) is 3.37. The highest BCUT2D eigenvalue weighted by molar-refractivity contribution is 7.91. The maximum absolute atomic E-state index is 13.0. The monoisotopic (exact) mass is 252 g/mol. The summed E-state index contributed by atoms with van der Waals surface area (Å²) in [6.07, 6.45) is 0.754. The molecule has 1 aromatic carbocycles. The van der Waals surface area contributed by atoms with Crippen molar-refractivity contribution in [3.63, 3.8) is 0 Å². The van der Waals surface area contributed by atoms with Crippen LogP contribution in [0.3, 0.4) is 0 Å². The molecule has 0 amide bonds. The van der Waals surface area contributed by atoms with Gasteiger partial charge in [-0.25, -0.2) is 21.6 Å². The first-order chi connectivity index (χ1) is 7.20. The SMILES string of the molecule is CS(=O)(=O)CC(=O)c1c(F)cc(F)cc1F. The van der Waals surface area contributed by atoms with Crippen LogP contribution >= 0.6 is 0 Å². The summed E-state index contributed by atoms with van der Waals surface area (Å²) in [5.41, 5.74) is -1.04. The van der Waals surface area contributed by atoms with Crippen LogP contribution in [0.4, 0.5) is 13.2 Å². The molecule has 88 valence electrons. The number of rotatable bonds is 3. The van der Waals surface area contributed by atoms with Gasteiger partial charge < -0.3 is 0 Å². The van der Waals surface area contributed by atoms with Crippen molar-refractivity contribution in [1.29, 1.82) is 0 Å². The predicted octanol–water partition coefficient (Wildman–Crippen LogP) is 1.33. The van der Waals surface area contributed by atoms with Crippen LogP contribution in [0.1, 0.15) is 10.4 Å². The first-order valence-corrected chi connectivity index (χ1v) is 6.12. The Bertz CT molecular complexity index is 514. The molecule has 16 heavy (non-hydrogen) atoms. The molecule has 0 saturated carbocycles. The molecule has 1 rings (SSSR count). The highest BCUT2D eigenvalue weighted by Crippen LogP contribution is 2.15. The summed E-state index contributed by atoms with van der Waals surface area (Å²) in [6, 6.07) is 0.636. The van der Waals surface area contributed by atoms with E-state index in [0.717, 1.165) is 6.26 Å². The normalized spacial score (nSPS) is 11.5. The third-order valence-corrected chi connectivity index (χ3v) is 2.47. The van der Waals surface area contributed by atoms with Gasteiger partial charge in [0.05, 0.1) is 5.56 Å². The van der Waals surface area contributed by atoms with Crippen molar-refractivity contribution in [3.05, 3.63) is 35.1 Å². The van der Waals surface area contributed by atoms with E-state index in [-0.39, 0.29) is 0 Å². The molecule has 0 N–H and O–H groups in total. The van der Waals surface area contributed by atoms with Gasteiger partial charge in [0.25, 0.3) is 0 Å². The van der Waals surface area contributed by atoms with Crippen LogP contribution in [0.2, 0.25) is 0 Å². The Morgan fingerprint density at radius 1 is 1.19 bits per heavy atom. The Morgan fingerprint density at radius 3 is 2.00 bits per heavy atom. The van der Waals surface area contributed by atoms with E-state index in [0.29, 0.717) is 12.1 Å².